The lowest BCUT2D eigenvalue weighted by molar-refractivity contribution is -0.130. The number of hydrogen-bond donors (Lipinski definition) is 2. The number of anilines is 2. The van der Waals surface area contributed by atoms with E-state index in [9.17, 15) is 4.79 Å². The van der Waals surface area contributed by atoms with Crippen molar-refractivity contribution in [3.05, 3.63) is 35.0 Å². The van der Waals surface area contributed by atoms with Crippen LogP contribution in [0.4, 0.5) is 11.8 Å². The van der Waals surface area contributed by atoms with Gasteiger partial charge < -0.3 is 25.4 Å². The SMILES string of the molecule is COc1cc(Cc2cnc(NC(C)CN3CCN(C(C)=O)CC3)nc2N)c(C(C)C)cc1OC. The third-order valence-corrected chi connectivity index (χ3v) is 6.27. The summed E-state index contributed by atoms with van der Waals surface area (Å²) in [5, 5.41) is 3.36. The van der Waals surface area contributed by atoms with E-state index in [0.717, 1.165) is 49.6 Å². The number of carbonyl (C=O) groups excluding carboxylic acids is 1. The van der Waals surface area contributed by atoms with E-state index in [1.54, 1.807) is 27.3 Å². The zero-order valence-electron chi connectivity index (χ0n) is 21.2. The van der Waals surface area contributed by atoms with E-state index in [0.29, 0.717) is 29.9 Å². The van der Waals surface area contributed by atoms with Crippen LogP contribution in [-0.4, -0.2) is 78.7 Å². The van der Waals surface area contributed by atoms with E-state index >= 15 is 0 Å². The van der Waals surface area contributed by atoms with Gasteiger partial charge in [0.15, 0.2) is 11.5 Å². The van der Waals surface area contributed by atoms with Gasteiger partial charge in [-0.1, -0.05) is 13.8 Å². The molecule has 3 rings (SSSR count). The summed E-state index contributed by atoms with van der Waals surface area (Å²) < 4.78 is 11.0. The van der Waals surface area contributed by atoms with Crippen molar-refractivity contribution in [1.29, 1.82) is 0 Å². The topological polar surface area (TPSA) is 106 Å². The van der Waals surface area contributed by atoms with Crippen LogP contribution in [0.25, 0.3) is 0 Å². The van der Waals surface area contributed by atoms with Gasteiger partial charge in [0, 0.05) is 63.9 Å². The zero-order valence-corrected chi connectivity index (χ0v) is 21.2. The van der Waals surface area contributed by atoms with Crippen molar-refractivity contribution in [3.63, 3.8) is 0 Å². The first-order valence-corrected chi connectivity index (χ1v) is 11.8. The molecule has 1 atom stereocenters. The summed E-state index contributed by atoms with van der Waals surface area (Å²) in [4.78, 5) is 24.8. The summed E-state index contributed by atoms with van der Waals surface area (Å²) >= 11 is 0. The fourth-order valence-electron chi connectivity index (χ4n) is 4.36. The number of nitrogens with zero attached hydrogens (tertiary/aromatic N) is 4. The highest BCUT2D eigenvalue weighted by Crippen LogP contribution is 2.35. The predicted octanol–water partition coefficient (Wildman–Crippen LogP) is 2.75. The number of nitrogen functional groups attached to an aromatic ring is 1. The Morgan fingerprint density at radius 2 is 1.74 bits per heavy atom. The van der Waals surface area contributed by atoms with Gasteiger partial charge in [-0.25, -0.2) is 4.98 Å². The number of piperazine rings is 1. The van der Waals surface area contributed by atoms with Crippen molar-refractivity contribution >= 4 is 17.7 Å². The van der Waals surface area contributed by atoms with E-state index < -0.39 is 0 Å². The Labute approximate surface area is 202 Å². The van der Waals surface area contributed by atoms with Crippen LogP contribution in [0.5, 0.6) is 11.5 Å². The van der Waals surface area contributed by atoms with Crippen molar-refractivity contribution < 1.29 is 14.3 Å². The monoisotopic (exact) mass is 470 g/mol. The third kappa shape index (κ3) is 6.28. The molecule has 1 amide bonds. The summed E-state index contributed by atoms with van der Waals surface area (Å²) in [6, 6.07) is 4.18. The molecule has 0 bridgehead atoms. The minimum absolute atomic E-state index is 0.142. The van der Waals surface area contributed by atoms with E-state index in [2.05, 4.69) is 41.0 Å². The standard InChI is InChI=1S/C25H38N6O3/c1-16(2)21-13-23(34-6)22(33-5)12-19(21)11-20-14-27-25(29-24(20)26)28-17(3)15-30-7-9-31(10-8-30)18(4)32/h12-14,16-17H,7-11,15H2,1-6H3,(H3,26,27,28,29). The first-order chi connectivity index (χ1) is 16.2. The Bertz CT molecular complexity index is 989. The van der Waals surface area contributed by atoms with Crippen LogP contribution in [0.3, 0.4) is 0 Å². The average molecular weight is 471 g/mol. The van der Waals surface area contributed by atoms with Gasteiger partial charge >= 0.3 is 0 Å². The average Bonchev–Trinajstić information content (AvgIpc) is 2.80. The largest absolute Gasteiger partial charge is 0.493 e. The molecule has 9 nitrogen and oxygen atoms in total. The number of hydrogen-bond acceptors (Lipinski definition) is 8. The summed E-state index contributed by atoms with van der Waals surface area (Å²) in [6.07, 6.45) is 2.40. The smallest absolute Gasteiger partial charge is 0.224 e. The van der Waals surface area contributed by atoms with Crippen molar-refractivity contribution in [2.45, 2.75) is 46.1 Å². The van der Waals surface area contributed by atoms with Gasteiger partial charge in [0.2, 0.25) is 11.9 Å². The molecule has 2 heterocycles. The Morgan fingerprint density at radius 3 is 2.29 bits per heavy atom. The second-order valence-corrected chi connectivity index (χ2v) is 9.19. The molecule has 1 aliphatic rings. The molecule has 1 aromatic heterocycles. The van der Waals surface area contributed by atoms with Gasteiger partial charge in [0.05, 0.1) is 14.2 Å². The molecule has 1 aliphatic heterocycles. The normalized spacial score (nSPS) is 15.3. The number of methoxy groups -OCH3 is 2. The van der Waals surface area contributed by atoms with Crippen LogP contribution in [0.2, 0.25) is 0 Å². The van der Waals surface area contributed by atoms with Crippen molar-refractivity contribution in [2.75, 3.05) is 58.0 Å². The fourth-order valence-corrected chi connectivity index (χ4v) is 4.36. The van der Waals surface area contributed by atoms with Gasteiger partial charge in [0.25, 0.3) is 0 Å². The summed E-state index contributed by atoms with van der Waals surface area (Å²) in [7, 11) is 3.28. The lowest BCUT2D eigenvalue weighted by Gasteiger charge is -2.35. The molecule has 9 heteroatoms. The molecular weight excluding hydrogens is 432 g/mol. The number of nitrogens with one attached hydrogen (secondary N) is 1. The quantitative estimate of drug-likeness (QED) is 0.576. The summed E-state index contributed by atoms with van der Waals surface area (Å²) in [6.45, 7) is 12.2. The summed E-state index contributed by atoms with van der Waals surface area (Å²) in [5.74, 6) is 2.85. The van der Waals surface area contributed by atoms with E-state index in [4.69, 9.17) is 15.2 Å². The van der Waals surface area contributed by atoms with Crippen LogP contribution in [0.15, 0.2) is 18.3 Å². The van der Waals surface area contributed by atoms with Crippen LogP contribution >= 0.6 is 0 Å². The molecule has 0 spiro atoms. The van der Waals surface area contributed by atoms with E-state index in [-0.39, 0.29) is 11.9 Å². The molecule has 34 heavy (non-hydrogen) atoms. The first-order valence-electron chi connectivity index (χ1n) is 11.8. The lowest BCUT2D eigenvalue weighted by atomic mass is 9.92. The minimum Gasteiger partial charge on any atom is -0.493 e. The van der Waals surface area contributed by atoms with Crippen molar-refractivity contribution in [1.82, 2.24) is 19.8 Å². The van der Waals surface area contributed by atoms with E-state index in [1.807, 2.05) is 17.0 Å². The highest BCUT2D eigenvalue weighted by atomic mass is 16.5. The molecule has 1 aromatic carbocycles. The Kier molecular flexibility index (Phi) is 8.55. The number of amides is 1. The number of aromatic nitrogens is 2. The zero-order chi connectivity index (χ0) is 24.8. The number of rotatable bonds is 9. The second kappa shape index (κ2) is 11.4. The van der Waals surface area contributed by atoms with Gasteiger partial charge in [-0.2, -0.15) is 4.98 Å². The molecule has 0 saturated carbocycles. The maximum absolute atomic E-state index is 11.5. The maximum Gasteiger partial charge on any atom is 0.224 e. The van der Waals surface area contributed by atoms with Crippen molar-refractivity contribution in [2.24, 2.45) is 0 Å². The molecule has 1 fully saturated rings. The fraction of sp³-hybridized carbons (Fsp3) is 0.560. The second-order valence-electron chi connectivity index (χ2n) is 9.19. The van der Waals surface area contributed by atoms with Crippen LogP contribution in [0, 0.1) is 0 Å². The van der Waals surface area contributed by atoms with Gasteiger partial charge in [0.1, 0.15) is 5.82 Å². The first kappa shape index (κ1) is 25.6. The molecule has 0 aliphatic carbocycles. The maximum atomic E-state index is 11.5. The number of benzene rings is 1. The van der Waals surface area contributed by atoms with Crippen LogP contribution in [0.1, 0.15) is 50.3 Å². The number of ether oxygens (including phenoxy) is 2. The lowest BCUT2D eigenvalue weighted by Crippen LogP contribution is -2.50. The Hall–Kier alpha value is -3.07. The Morgan fingerprint density at radius 1 is 1.09 bits per heavy atom. The molecule has 1 unspecified atom stereocenters. The highest BCUT2D eigenvalue weighted by molar-refractivity contribution is 5.73. The van der Waals surface area contributed by atoms with E-state index in [1.165, 1.54) is 5.56 Å². The molecule has 3 N–H and O–H groups in total. The third-order valence-electron chi connectivity index (χ3n) is 6.27. The predicted molar refractivity (Wildman–Crippen MR) is 135 cm³/mol. The molecule has 186 valence electrons. The van der Waals surface area contributed by atoms with Crippen LogP contribution in [-0.2, 0) is 11.2 Å². The number of carbonyl (C=O) groups is 1. The Balaban J connectivity index is 1.66. The van der Waals surface area contributed by atoms with Crippen molar-refractivity contribution in [3.8, 4) is 11.5 Å². The summed E-state index contributed by atoms with van der Waals surface area (Å²) in [5.41, 5.74) is 9.49. The van der Waals surface area contributed by atoms with Gasteiger partial charge in [-0.3, -0.25) is 9.69 Å². The van der Waals surface area contributed by atoms with Gasteiger partial charge in [-0.15, -0.1) is 0 Å². The molecule has 1 saturated heterocycles. The molecule has 2 aromatic rings. The highest BCUT2D eigenvalue weighted by Gasteiger charge is 2.20. The molecular formula is C25H38N6O3. The minimum atomic E-state index is 0.142. The van der Waals surface area contributed by atoms with Crippen LogP contribution < -0.4 is 20.5 Å². The molecule has 0 radical (unpaired) electrons. The van der Waals surface area contributed by atoms with Gasteiger partial charge in [-0.05, 0) is 36.1 Å². The number of nitrogens with two attached hydrogens (primary N) is 1.